The van der Waals surface area contributed by atoms with E-state index in [1.807, 2.05) is 6.20 Å². The highest BCUT2D eigenvalue weighted by Gasteiger charge is 2.34. The number of aromatic nitrogens is 1. The maximum absolute atomic E-state index is 10.2. The SMILES string of the molecule is CCN(CC)c1ncc(CNCC2(C)CCCCC2O)s1. The van der Waals surface area contributed by atoms with Crippen LogP contribution in [0.15, 0.2) is 6.20 Å². The third-order valence-corrected chi connectivity index (χ3v) is 5.74. The van der Waals surface area contributed by atoms with Crippen LogP contribution in [0.1, 0.15) is 51.3 Å². The van der Waals surface area contributed by atoms with Crippen molar-refractivity contribution in [2.24, 2.45) is 5.41 Å². The van der Waals surface area contributed by atoms with Crippen molar-refractivity contribution in [2.45, 2.75) is 59.1 Å². The van der Waals surface area contributed by atoms with Crippen molar-refractivity contribution in [2.75, 3.05) is 24.5 Å². The highest BCUT2D eigenvalue weighted by Crippen LogP contribution is 2.35. The Labute approximate surface area is 132 Å². The molecule has 1 aliphatic carbocycles. The molecule has 2 N–H and O–H groups in total. The zero-order valence-electron chi connectivity index (χ0n) is 13.6. The van der Waals surface area contributed by atoms with Crippen molar-refractivity contribution in [1.29, 1.82) is 0 Å². The minimum Gasteiger partial charge on any atom is -0.393 e. The average Bonchev–Trinajstić information content (AvgIpc) is 2.92. The summed E-state index contributed by atoms with van der Waals surface area (Å²) in [7, 11) is 0. The van der Waals surface area contributed by atoms with Crippen LogP contribution in [-0.2, 0) is 6.54 Å². The van der Waals surface area contributed by atoms with E-state index >= 15 is 0 Å². The van der Waals surface area contributed by atoms with Crippen LogP contribution in [0.2, 0.25) is 0 Å². The first kappa shape index (κ1) is 16.7. The maximum Gasteiger partial charge on any atom is 0.185 e. The van der Waals surface area contributed by atoms with Crippen LogP contribution in [0.4, 0.5) is 5.13 Å². The Morgan fingerprint density at radius 3 is 2.86 bits per heavy atom. The van der Waals surface area contributed by atoms with Gasteiger partial charge in [0.25, 0.3) is 0 Å². The summed E-state index contributed by atoms with van der Waals surface area (Å²) in [5, 5.41) is 14.8. The Hall–Kier alpha value is -0.650. The van der Waals surface area contributed by atoms with Gasteiger partial charge < -0.3 is 15.3 Å². The fourth-order valence-corrected chi connectivity index (χ4v) is 4.09. The third kappa shape index (κ3) is 4.18. The first-order valence-electron chi connectivity index (χ1n) is 8.17. The zero-order chi connectivity index (χ0) is 15.3. The topological polar surface area (TPSA) is 48.4 Å². The number of rotatable bonds is 7. The van der Waals surface area contributed by atoms with Gasteiger partial charge in [0.1, 0.15) is 0 Å². The highest BCUT2D eigenvalue weighted by molar-refractivity contribution is 7.15. The molecule has 0 aliphatic heterocycles. The number of aliphatic hydroxyl groups is 1. The van der Waals surface area contributed by atoms with E-state index in [1.165, 1.54) is 17.7 Å². The molecule has 1 aromatic rings. The van der Waals surface area contributed by atoms with Gasteiger partial charge in [-0.3, -0.25) is 0 Å². The third-order valence-electron chi connectivity index (χ3n) is 4.68. The number of hydrogen-bond acceptors (Lipinski definition) is 5. The van der Waals surface area contributed by atoms with Crippen LogP contribution in [0, 0.1) is 5.41 Å². The van der Waals surface area contributed by atoms with Gasteiger partial charge in [0.05, 0.1) is 6.10 Å². The first-order chi connectivity index (χ1) is 10.1. The second-order valence-electron chi connectivity index (χ2n) is 6.30. The van der Waals surface area contributed by atoms with Gasteiger partial charge in [-0.1, -0.05) is 19.8 Å². The Morgan fingerprint density at radius 2 is 2.19 bits per heavy atom. The summed E-state index contributed by atoms with van der Waals surface area (Å²) >= 11 is 1.77. The van der Waals surface area contributed by atoms with E-state index in [-0.39, 0.29) is 11.5 Å². The van der Waals surface area contributed by atoms with E-state index in [0.717, 1.165) is 44.2 Å². The van der Waals surface area contributed by atoms with Crippen LogP contribution in [0.25, 0.3) is 0 Å². The van der Waals surface area contributed by atoms with Crippen LogP contribution in [0.5, 0.6) is 0 Å². The minimum atomic E-state index is -0.161. The molecular weight excluding hydrogens is 282 g/mol. The molecule has 1 heterocycles. The number of nitrogens with zero attached hydrogens (tertiary/aromatic N) is 2. The Morgan fingerprint density at radius 1 is 1.43 bits per heavy atom. The number of aliphatic hydroxyl groups excluding tert-OH is 1. The van der Waals surface area contributed by atoms with Crippen LogP contribution in [-0.4, -0.2) is 35.8 Å². The molecule has 21 heavy (non-hydrogen) atoms. The molecule has 2 atom stereocenters. The molecule has 120 valence electrons. The Bertz CT molecular complexity index is 433. The second-order valence-corrected chi connectivity index (χ2v) is 7.39. The van der Waals surface area contributed by atoms with Crippen LogP contribution < -0.4 is 10.2 Å². The fraction of sp³-hybridized carbons (Fsp3) is 0.812. The lowest BCUT2D eigenvalue weighted by atomic mass is 9.73. The molecule has 1 aliphatic rings. The normalized spacial score (nSPS) is 26.0. The second kappa shape index (κ2) is 7.56. The monoisotopic (exact) mass is 311 g/mol. The van der Waals surface area contributed by atoms with Gasteiger partial charge >= 0.3 is 0 Å². The number of nitrogens with one attached hydrogen (secondary N) is 1. The Kier molecular flexibility index (Phi) is 6.02. The van der Waals surface area contributed by atoms with Crippen molar-refractivity contribution in [3.8, 4) is 0 Å². The van der Waals surface area contributed by atoms with E-state index in [9.17, 15) is 5.11 Å². The summed E-state index contributed by atoms with van der Waals surface area (Å²) < 4.78 is 0. The van der Waals surface area contributed by atoms with Crippen LogP contribution in [0.3, 0.4) is 0 Å². The van der Waals surface area contributed by atoms with Crippen LogP contribution >= 0.6 is 11.3 Å². The summed E-state index contributed by atoms with van der Waals surface area (Å²) in [5.41, 5.74) is 0.0324. The van der Waals surface area contributed by atoms with Gasteiger partial charge in [-0.2, -0.15) is 0 Å². The van der Waals surface area contributed by atoms with E-state index in [4.69, 9.17) is 0 Å². The molecule has 5 heteroatoms. The van der Waals surface area contributed by atoms with Gasteiger partial charge in [0, 0.05) is 42.7 Å². The summed E-state index contributed by atoms with van der Waals surface area (Å²) in [6, 6.07) is 0. The molecule has 0 bridgehead atoms. The van der Waals surface area contributed by atoms with E-state index < -0.39 is 0 Å². The summed E-state index contributed by atoms with van der Waals surface area (Å²) in [5.74, 6) is 0. The van der Waals surface area contributed by atoms with Crippen molar-refractivity contribution in [3.63, 3.8) is 0 Å². The molecular formula is C16H29N3OS. The standard InChI is InChI=1S/C16H29N3OS/c1-4-19(5-2)15-18-11-13(21-15)10-17-12-16(3)9-7-6-8-14(16)20/h11,14,17,20H,4-10,12H2,1-3H3. The van der Waals surface area contributed by atoms with Crippen molar-refractivity contribution in [3.05, 3.63) is 11.1 Å². The lowest BCUT2D eigenvalue weighted by Gasteiger charge is -2.38. The first-order valence-corrected chi connectivity index (χ1v) is 8.99. The van der Waals surface area contributed by atoms with Gasteiger partial charge in [-0.15, -0.1) is 11.3 Å². The van der Waals surface area contributed by atoms with Gasteiger partial charge in [0.15, 0.2) is 5.13 Å². The molecule has 1 fully saturated rings. The molecule has 0 saturated heterocycles. The smallest absolute Gasteiger partial charge is 0.185 e. The lowest BCUT2D eigenvalue weighted by molar-refractivity contribution is 0.00119. The molecule has 2 rings (SSSR count). The molecule has 4 nitrogen and oxygen atoms in total. The molecule has 0 amide bonds. The van der Waals surface area contributed by atoms with Gasteiger partial charge in [-0.25, -0.2) is 4.98 Å². The average molecular weight is 311 g/mol. The summed E-state index contributed by atoms with van der Waals surface area (Å²) in [6.45, 7) is 10.3. The minimum absolute atomic E-state index is 0.0324. The summed E-state index contributed by atoms with van der Waals surface area (Å²) in [6.07, 6.45) is 6.29. The molecule has 0 aromatic carbocycles. The quantitative estimate of drug-likeness (QED) is 0.812. The maximum atomic E-state index is 10.2. The highest BCUT2D eigenvalue weighted by atomic mass is 32.1. The number of thiazole rings is 1. The van der Waals surface area contributed by atoms with E-state index in [1.54, 1.807) is 11.3 Å². The van der Waals surface area contributed by atoms with E-state index in [2.05, 4.69) is 36.0 Å². The van der Waals surface area contributed by atoms with Crippen molar-refractivity contribution >= 4 is 16.5 Å². The van der Waals surface area contributed by atoms with E-state index in [0.29, 0.717) is 0 Å². The van der Waals surface area contributed by atoms with Crippen molar-refractivity contribution in [1.82, 2.24) is 10.3 Å². The summed E-state index contributed by atoms with van der Waals surface area (Å²) in [4.78, 5) is 8.06. The number of hydrogen-bond donors (Lipinski definition) is 2. The molecule has 0 spiro atoms. The molecule has 1 saturated carbocycles. The van der Waals surface area contributed by atoms with Crippen molar-refractivity contribution < 1.29 is 5.11 Å². The molecule has 2 unspecified atom stereocenters. The predicted octanol–water partition coefficient (Wildman–Crippen LogP) is 3.02. The number of anilines is 1. The Balaban J connectivity index is 1.83. The lowest BCUT2D eigenvalue weighted by Crippen LogP contribution is -2.43. The molecule has 1 aromatic heterocycles. The largest absolute Gasteiger partial charge is 0.393 e. The zero-order valence-corrected chi connectivity index (χ0v) is 14.4. The predicted molar refractivity (Wildman–Crippen MR) is 90.0 cm³/mol. The molecule has 0 radical (unpaired) electrons. The fourth-order valence-electron chi connectivity index (χ4n) is 3.08. The van der Waals surface area contributed by atoms with Gasteiger partial charge in [0.2, 0.25) is 0 Å². The van der Waals surface area contributed by atoms with Gasteiger partial charge in [-0.05, 0) is 26.7 Å².